The maximum absolute atomic E-state index is 6.82. The summed E-state index contributed by atoms with van der Waals surface area (Å²) >= 11 is 0. The van der Waals surface area contributed by atoms with Crippen LogP contribution in [0.25, 0.3) is 76.5 Å². The van der Waals surface area contributed by atoms with Gasteiger partial charge in [0.05, 0.1) is 5.41 Å². The van der Waals surface area contributed by atoms with E-state index in [1.807, 2.05) is 0 Å². The van der Waals surface area contributed by atoms with Gasteiger partial charge in [-0.25, -0.2) is 0 Å². The number of hydrogen-bond donors (Lipinski definition) is 0. The number of fused-ring (bicyclic) bond motifs is 16. The lowest BCUT2D eigenvalue weighted by molar-refractivity contribution is 0.436. The number of ether oxygens (including phenoxy) is 1. The van der Waals surface area contributed by atoms with Crippen LogP contribution >= 0.6 is 0 Å². The molecule has 0 unspecified atom stereocenters. The van der Waals surface area contributed by atoms with E-state index in [4.69, 9.17) is 4.74 Å². The maximum atomic E-state index is 6.82. The zero-order valence-electron chi connectivity index (χ0n) is 29.4. The van der Waals surface area contributed by atoms with E-state index in [0.717, 1.165) is 11.5 Å². The Bertz CT molecular complexity index is 3140. The van der Waals surface area contributed by atoms with Crippen molar-refractivity contribution < 1.29 is 4.74 Å². The second kappa shape index (κ2) is 11.0. The summed E-state index contributed by atoms with van der Waals surface area (Å²) in [6.45, 7) is 0. The Morgan fingerprint density at radius 3 is 1.63 bits per heavy atom. The predicted octanol–water partition coefficient (Wildman–Crippen LogP) is 14.1. The van der Waals surface area contributed by atoms with Gasteiger partial charge in [-0.3, -0.25) is 0 Å². The molecular weight excluding hydrogens is 653 g/mol. The van der Waals surface area contributed by atoms with Crippen molar-refractivity contribution in [2.75, 3.05) is 0 Å². The van der Waals surface area contributed by atoms with Crippen molar-refractivity contribution in [3.63, 3.8) is 0 Å². The van der Waals surface area contributed by atoms with Crippen LogP contribution in [0.4, 0.5) is 0 Å². The van der Waals surface area contributed by atoms with E-state index >= 15 is 0 Å². The monoisotopic (exact) mass is 684 g/mol. The quantitative estimate of drug-likeness (QED) is 0.165. The van der Waals surface area contributed by atoms with E-state index in [0.29, 0.717) is 0 Å². The fourth-order valence-corrected chi connectivity index (χ4v) is 9.86. The van der Waals surface area contributed by atoms with Gasteiger partial charge < -0.3 is 4.74 Å². The zero-order chi connectivity index (χ0) is 35.4. The average Bonchev–Trinajstić information content (AvgIpc) is 3.53. The van der Waals surface area contributed by atoms with Crippen molar-refractivity contribution in [1.29, 1.82) is 0 Å². The van der Waals surface area contributed by atoms with E-state index in [2.05, 4.69) is 194 Å². The van der Waals surface area contributed by atoms with Gasteiger partial charge in [-0.1, -0.05) is 164 Å². The summed E-state index contributed by atoms with van der Waals surface area (Å²) in [5.74, 6) is 1.80. The van der Waals surface area contributed by atoms with Crippen molar-refractivity contribution in [3.8, 4) is 44.9 Å². The molecule has 0 atom stereocenters. The number of benzene rings is 10. The van der Waals surface area contributed by atoms with Gasteiger partial charge in [-0.2, -0.15) is 0 Å². The van der Waals surface area contributed by atoms with Crippen molar-refractivity contribution in [1.82, 2.24) is 0 Å². The first-order valence-corrected chi connectivity index (χ1v) is 18.8. The molecule has 1 aliphatic heterocycles. The van der Waals surface area contributed by atoms with Gasteiger partial charge in [0.25, 0.3) is 0 Å². The lowest BCUT2D eigenvalue weighted by Gasteiger charge is -2.39. The normalized spacial score (nSPS) is 13.5. The second-order valence-corrected chi connectivity index (χ2v) is 14.7. The average molecular weight is 685 g/mol. The van der Waals surface area contributed by atoms with Crippen molar-refractivity contribution in [3.05, 3.63) is 216 Å². The first kappa shape index (κ1) is 29.6. The minimum atomic E-state index is -0.652. The molecule has 1 heterocycles. The van der Waals surface area contributed by atoms with Gasteiger partial charge in [0.2, 0.25) is 0 Å². The summed E-state index contributed by atoms with van der Waals surface area (Å²) in [6.07, 6.45) is 0. The SMILES string of the molecule is c1ccc(-c2cc3c(c4c2ccc2ccccc24)-c2c(cc(-c4ccc5ccccc5c4)c4ccccc24)C32c3ccccc3Oc3ccccc32)cc1. The topological polar surface area (TPSA) is 9.23 Å². The first-order chi connectivity index (χ1) is 26.8. The van der Waals surface area contributed by atoms with Gasteiger partial charge in [-0.05, 0) is 118 Å². The van der Waals surface area contributed by atoms with E-state index in [1.165, 1.54) is 98.7 Å². The summed E-state index contributed by atoms with van der Waals surface area (Å²) in [5, 5.41) is 10.1. The molecule has 1 heteroatoms. The van der Waals surface area contributed by atoms with Gasteiger partial charge in [0.15, 0.2) is 0 Å². The molecule has 0 bridgehead atoms. The Kier molecular flexibility index (Phi) is 6.04. The highest BCUT2D eigenvalue weighted by molar-refractivity contribution is 6.24. The molecule has 10 aromatic rings. The van der Waals surface area contributed by atoms with Gasteiger partial charge in [-0.15, -0.1) is 0 Å². The largest absolute Gasteiger partial charge is 0.457 e. The smallest absolute Gasteiger partial charge is 0.132 e. The lowest BCUT2D eigenvalue weighted by Crippen LogP contribution is -2.32. The number of hydrogen-bond acceptors (Lipinski definition) is 1. The zero-order valence-corrected chi connectivity index (χ0v) is 29.4. The molecule has 250 valence electrons. The maximum Gasteiger partial charge on any atom is 0.132 e. The standard InChI is InChI=1S/C53H32O/c1-2-15-34(16-3-1)42-31-47-52(50-38-19-7-6-17-35(38)28-29-41(42)50)51-40-21-9-8-20-39(40)43(37-27-26-33-14-4-5-18-36(33)30-37)32-46(51)53(47)44-22-10-12-24-48(44)54-49-25-13-11-23-45(49)53/h1-32H. The molecule has 0 amide bonds. The summed E-state index contributed by atoms with van der Waals surface area (Å²) in [6, 6.07) is 71.6. The molecule has 2 aliphatic rings. The van der Waals surface area contributed by atoms with Gasteiger partial charge >= 0.3 is 0 Å². The van der Waals surface area contributed by atoms with Gasteiger partial charge in [0.1, 0.15) is 11.5 Å². The highest BCUT2D eigenvalue weighted by Crippen LogP contribution is 2.66. The van der Waals surface area contributed by atoms with Crippen LogP contribution < -0.4 is 4.74 Å². The number of rotatable bonds is 2. The van der Waals surface area contributed by atoms with Crippen molar-refractivity contribution in [2.24, 2.45) is 0 Å². The molecule has 54 heavy (non-hydrogen) atoms. The Labute approximate surface area is 313 Å². The fraction of sp³-hybridized carbons (Fsp3) is 0.0189. The Hall–Kier alpha value is -6.96. The number of para-hydroxylation sites is 2. The Morgan fingerprint density at radius 2 is 0.870 bits per heavy atom. The van der Waals surface area contributed by atoms with Crippen LogP contribution in [0.3, 0.4) is 0 Å². The Balaban J connectivity index is 1.35. The minimum Gasteiger partial charge on any atom is -0.457 e. The molecule has 1 spiro atoms. The van der Waals surface area contributed by atoms with Crippen LogP contribution in [0.2, 0.25) is 0 Å². The van der Waals surface area contributed by atoms with E-state index in [9.17, 15) is 0 Å². The molecule has 0 aromatic heterocycles. The highest BCUT2D eigenvalue weighted by Gasteiger charge is 2.52. The molecule has 1 aliphatic carbocycles. The second-order valence-electron chi connectivity index (χ2n) is 14.7. The molecule has 0 N–H and O–H groups in total. The van der Waals surface area contributed by atoms with Crippen molar-refractivity contribution in [2.45, 2.75) is 5.41 Å². The van der Waals surface area contributed by atoms with Crippen LogP contribution in [0, 0.1) is 0 Å². The predicted molar refractivity (Wildman–Crippen MR) is 225 cm³/mol. The minimum absolute atomic E-state index is 0.652. The molecule has 0 radical (unpaired) electrons. The first-order valence-electron chi connectivity index (χ1n) is 18.8. The van der Waals surface area contributed by atoms with E-state index in [-0.39, 0.29) is 0 Å². The molecule has 12 rings (SSSR count). The van der Waals surface area contributed by atoms with Gasteiger partial charge in [0, 0.05) is 11.1 Å². The third-order valence-electron chi connectivity index (χ3n) is 12.1. The molecule has 10 aromatic carbocycles. The van der Waals surface area contributed by atoms with E-state index in [1.54, 1.807) is 0 Å². The molecule has 0 fully saturated rings. The third-order valence-corrected chi connectivity index (χ3v) is 12.1. The van der Waals surface area contributed by atoms with Crippen LogP contribution in [-0.4, -0.2) is 0 Å². The third kappa shape index (κ3) is 3.88. The van der Waals surface area contributed by atoms with Crippen LogP contribution in [-0.2, 0) is 5.41 Å². The van der Waals surface area contributed by atoms with Crippen LogP contribution in [0.5, 0.6) is 11.5 Å². The fourth-order valence-electron chi connectivity index (χ4n) is 9.86. The molecule has 0 saturated carbocycles. The van der Waals surface area contributed by atoms with Crippen LogP contribution in [0.15, 0.2) is 194 Å². The molecular formula is C53H32O. The molecule has 1 nitrogen and oxygen atoms in total. The summed E-state index contributed by atoms with van der Waals surface area (Å²) in [4.78, 5) is 0. The van der Waals surface area contributed by atoms with Crippen LogP contribution in [0.1, 0.15) is 22.3 Å². The Morgan fingerprint density at radius 1 is 0.315 bits per heavy atom. The lowest BCUT2D eigenvalue weighted by atomic mass is 9.65. The summed E-state index contributed by atoms with van der Waals surface area (Å²) < 4.78 is 6.82. The van der Waals surface area contributed by atoms with E-state index < -0.39 is 5.41 Å². The summed E-state index contributed by atoms with van der Waals surface area (Å²) in [7, 11) is 0. The van der Waals surface area contributed by atoms with Crippen molar-refractivity contribution >= 4 is 43.1 Å². The summed E-state index contributed by atoms with van der Waals surface area (Å²) in [5.41, 5.74) is 11.8. The highest BCUT2D eigenvalue weighted by atomic mass is 16.5. The molecule has 0 saturated heterocycles.